The molecular weight excluding hydrogens is 412 g/mol. The van der Waals surface area contributed by atoms with Crippen LogP contribution < -0.4 is 14.4 Å². The summed E-state index contributed by atoms with van der Waals surface area (Å²) in [5.74, 6) is 0.0922. The number of carbonyl (C=O) groups is 1. The minimum absolute atomic E-state index is 0.109. The summed E-state index contributed by atoms with van der Waals surface area (Å²) < 4.78 is 33.1. The summed E-state index contributed by atoms with van der Waals surface area (Å²) >= 11 is 0. The lowest BCUT2D eigenvalue weighted by Crippen LogP contribution is -2.41. The quantitative estimate of drug-likeness (QED) is 0.575. The van der Waals surface area contributed by atoms with Crippen LogP contribution in [0.5, 0.6) is 5.75 Å². The van der Waals surface area contributed by atoms with Gasteiger partial charge in [0, 0.05) is 6.07 Å². The summed E-state index contributed by atoms with van der Waals surface area (Å²) in [6.07, 6.45) is 0. The van der Waals surface area contributed by atoms with Crippen molar-refractivity contribution < 1.29 is 17.9 Å². The Hall–Kier alpha value is -3.32. The second kappa shape index (κ2) is 9.66. The van der Waals surface area contributed by atoms with E-state index in [0.717, 1.165) is 15.4 Å². The molecular formula is C24H26N2O4S. The number of rotatable bonds is 8. The van der Waals surface area contributed by atoms with Crippen molar-refractivity contribution in [2.75, 3.05) is 18.0 Å². The fourth-order valence-electron chi connectivity index (χ4n) is 3.16. The molecule has 0 heterocycles. The van der Waals surface area contributed by atoms with Crippen LogP contribution in [0.1, 0.15) is 24.1 Å². The summed E-state index contributed by atoms with van der Waals surface area (Å²) in [5, 5.41) is 2.89. The zero-order chi connectivity index (χ0) is 22.4. The number of methoxy groups -OCH3 is 1. The van der Waals surface area contributed by atoms with Crippen molar-refractivity contribution in [3.63, 3.8) is 0 Å². The lowest BCUT2D eigenvalue weighted by Gasteiger charge is -2.25. The van der Waals surface area contributed by atoms with Crippen LogP contribution in [0.4, 0.5) is 5.69 Å². The highest BCUT2D eigenvalue weighted by atomic mass is 32.2. The molecule has 3 rings (SSSR count). The van der Waals surface area contributed by atoms with Gasteiger partial charge in [-0.1, -0.05) is 54.1 Å². The average Bonchev–Trinajstić information content (AvgIpc) is 2.78. The fourth-order valence-corrected chi connectivity index (χ4v) is 4.59. The van der Waals surface area contributed by atoms with Crippen molar-refractivity contribution >= 4 is 21.6 Å². The maximum absolute atomic E-state index is 13.4. The molecule has 3 aromatic carbocycles. The van der Waals surface area contributed by atoms with Crippen LogP contribution in [0, 0.1) is 6.92 Å². The van der Waals surface area contributed by atoms with Crippen molar-refractivity contribution in [1.82, 2.24) is 5.32 Å². The van der Waals surface area contributed by atoms with E-state index in [2.05, 4.69) is 5.32 Å². The molecule has 1 amide bonds. The maximum Gasteiger partial charge on any atom is 0.264 e. The number of ether oxygens (including phenoxy) is 1. The average molecular weight is 439 g/mol. The normalized spacial score (nSPS) is 12.1. The van der Waals surface area contributed by atoms with Gasteiger partial charge in [0.1, 0.15) is 12.3 Å². The maximum atomic E-state index is 13.4. The van der Waals surface area contributed by atoms with E-state index in [1.165, 1.54) is 19.2 Å². The van der Waals surface area contributed by atoms with Gasteiger partial charge in [-0.3, -0.25) is 9.10 Å². The molecule has 3 aromatic rings. The number of benzene rings is 3. The SMILES string of the molecule is COc1cccc(N(CC(=O)N[C@@H](C)c2ccc(C)cc2)S(=O)(=O)c2ccccc2)c1. The number of hydrogen-bond acceptors (Lipinski definition) is 4. The molecule has 31 heavy (non-hydrogen) atoms. The Bertz CT molecular complexity index is 1130. The van der Waals surface area contributed by atoms with E-state index in [0.29, 0.717) is 11.4 Å². The first-order chi connectivity index (χ1) is 14.8. The monoisotopic (exact) mass is 438 g/mol. The highest BCUT2D eigenvalue weighted by molar-refractivity contribution is 7.92. The minimum atomic E-state index is -3.96. The topological polar surface area (TPSA) is 75.7 Å². The van der Waals surface area contributed by atoms with Crippen molar-refractivity contribution in [2.45, 2.75) is 24.8 Å². The predicted octanol–water partition coefficient (Wildman–Crippen LogP) is 4.08. The number of aryl methyl sites for hydroxylation is 1. The van der Waals surface area contributed by atoms with Crippen LogP contribution in [0.25, 0.3) is 0 Å². The Kier molecular flexibility index (Phi) is 6.97. The van der Waals surface area contributed by atoms with E-state index in [9.17, 15) is 13.2 Å². The van der Waals surface area contributed by atoms with Gasteiger partial charge in [-0.25, -0.2) is 8.42 Å². The largest absolute Gasteiger partial charge is 0.497 e. The van der Waals surface area contributed by atoms with Crippen molar-refractivity contribution in [3.05, 3.63) is 90.0 Å². The molecule has 0 saturated carbocycles. The van der Waals surface area contributed by atoms with Crippen LogP contribution in [0.2, 0.25) is 0 Å². The Balaban J connectivity index is 1.89. The number of amides is 1. The van der Waals surface area contributed by atoms with Gasteiger partial charge >= 0.3 is 0 Å². The molecule has 7 heteroatoms. The van der Waals surface area contributed by atoms with Crippen molar-refractivity contribution in [3.8, 4) is 5.75 Å². The van der Waals surface area contributed by atoms with Crippen LogP contribution in [-0.4, -0.2) is 28.0 Å². The lowest BCUT2D eigenvalue weighted by molar-refractivity contribution is -0.120. The third-order valence-corrected chi connectivity index (χ3v) is 6.70. The van der Waals surface area contributed by atoms with Crippen LogP contribution in [0.3, 0.4) is 0 Å². The fraction of sp³-hybridized carbons (Fsp3) is 0.208. The molecule has 1 atom stereocenters. The molecule has 0 fully saturated rings. The summed E-state index contributed by atoms with van der Waals surface area (Å²) in [6.45, 7) is 3.50. The predicted molar refractivity (Wildman–Crippen MR) is 122 cm³/mol. The summed E-state index contributed by atoms with van der Waals surface area (Å²) in [5.41, 5.74) is 2.42. The van der Waals surface area contributed by atoms with Gasteiger partial charge in [-0.15, -0.1) is 0 Å². The molecule has 0 aliphatic heterocycles. The molecule has 6 nitrogen and oxygen atoms in total. The summed E-state index contributed by atoms with van der Waals surface area (Å²) in [6, 6.07) is 22.3. The van der Waals surface area contributed by atoms with E-state index >= 15 is 0 Å². The van der Waals surface area contributed by atoms with Crippen molar-refractivity contribution in [1.29, 1.82) is 0 Å². The van der Waals surface area contributed by atoms with Gasteiger partial charge in [0.05, 0.1) is 23.7 Å². The van der Waals surface area contributed by atoms with E-state index in [1.807, 2.05) is 38.1 Å². The second-order valence-corrected chi connectivity index (χ2v) is 9.09. The number of nitrogens with one attached hydrogen (secondary N) is 1. The second-order valence-electron chi connectivity index (χ2n) is 7.23. The van der Waals surface area contributed by atoms with E-state index in [1.54, 1.807) is 42.5 Å². The zero-order valence-corrected chi connectivity index (χ0v) is 18.6. The Morgan fingerprint density at radius 2 is 1.68 bits per heavy atom. The van der Waals surface area contributed by atoms with Gasteiger partial charge < -0.3 is 10.1 Å². The zero-order valence-electron chi connectivity index (χ0n) is 17.8. The van der Waals surface area contributed by atoms with Gasteiger partial charge in [0.25, 0.3) is 10.0 Å². The molecule has 162 valence electrons. The number of nitrogens with zero attached hydrogens (tertiary/aromatic N) is 1. The molecule has 0 aliphatic carbocycles. The van der Waals surface area contributed by atoms with E-state index < -0.39 is 15.9 Å². The number of hydrogen-bond donors (Lipinski definition) is 1. The standard InChI is InChI=1S/C24H26N2O4S/c1-18-12-14-20(15-13-18)19(2)25-24(27)17-26(21-8-7-9-22(16-21)30-3)31(28,29)23-10-5-4-6-11-23/h4-16,19H,17H2,1-3H3,(H,25,27)/t19-/m0/s1. The summed E-state index contributed by atoms with van der Waals surface area (Å²) in [7, 11) is -2.46. The van der Waals surface area contributed by atoms with Gasteiger partial charge in [0.2, 0.25) is 5.91 Å². The minimum Gasteiger partial charge on any atom is -0.497 e. The van der Waals surface area contributed by atoms with E-state index in [-0.39, 0.29) is 17.5 Å². The molecule has 0 spiro atoms. The van der Waals surface area contributed by atoms with Gasteiger partial charge in [0.15, 0.2) is 0 Å². The summed E-state index contributed by atoms with van der Waals surface area (Å²) in [4.78, 5) is 13.0. The number of carbonyl (C=O) groups excluding carboxylic acids is 1. The van der Waals surface area contributed by atoms with Crippen LogP contribution in [0.15, 0.2) is 83.8 Å². The lowest BCUT2D eigenvalue weighted by atomic mass is 10.1. The highest BCUT2D eigenvalue weighted by Gasteiger charge is 2.28. The third-order valence-electron chi connectivity index (χ3n) is 4.91. The Morgan fingerprint density at radius 1 is 1.00 bits per heavy atom. The third kappa shape index (κ3) is 5.44. The van der Waals surface area contributed by atoms with Crippen molar-refractivity contribution in [2.24, 2.45) is 0 Å². The molecule has 0 bridgehead atoms. The van der Waals surface area contributed by atoms with Gasteiger partial charge in [-0.2, -0.15) is 0 Å². The first-order valence-corrected chi connectivity index (χ1v) is 11.3. The smallest absolute Gasteiger partial charge is 0.264 e. The Morgan fingerprint density at radius 3 is 2.32 bits per heavy atom. The molecule has 0 saturated heterocycles. The van der Waals surface area contributed by atoms with E-state index in [4.69, 9.17) is 4.74 Å². The Labute approximate surface area is 183 Å². The first kappa shape index (κ1) is 22.4. The van der Waals surface area contributed by atoms with Crippen LogP contribution in [-0.2, 0) is 14.8 Å². The highest BCUT2D eigenvalue weighted by Crippen LogP contribution is 2.27. The molecule has 0 unspecified atom stereocenters. The van der Waals surface area contributed by atoms with Gasteiger partial charge in [-0.05, 0) is 43.7 Å². The number of sulfonamides is 1. The molecule has 1 N–H and O–H groups in total. The number of anilines is 1. The first-order valence-electron chi connectivity index (χ1n) is 9.89. The molecule has 0 aromatic heterocycles. The molecule has 0 aliphatic rings. The molecule has 0 radical (unpaired) electrons. The van der Waals surface area contributed by atoms with Crippen LogP contribution >= 0.6 is 0 Å².